The van der Waals surface area contributed by atoms with Crippen LogP contribution in [0.1, 0.15) is 21.8 Å². The first-order valence-electron chi connectivity index (χ1n) is 8.07. The van der Waals surface area contributed by atoms with Crippen LogP contribution in [0.3, 0.4) is 0 Å². The number of aryl methyl sites for hydroxylation is 1. The van der Waals surface area contributed by atoms with Crippen molar-refractivity contribution in [2.75, 3.05) is 7.11 Å². The fraction of sp³-hybridized carbons (Fsp3) is 0.167. The summed E-state index contributed by atoms with van der Waals surface area (Å²) in [5.41, 5.74) is 1.90. The molecule has 1 N–H and O–H groups in total. The van der Waals surface area contributed by atoms with Gasteiger partial charge in [-0.1, -0.05) is 46.6 Å². The van der Waals surface area contributed by atoms with E-state index in [0.717, 1.165) is 17.2 Å². The average Bonchev–Trinajstić information content (AvgIpc) is 3.16. The molecule has 2 aromatic carbocycles. The van der Waals surface area contributed by atoms with E-state index in [1.807, 2.05) is 31.2 Å². The van der Waals surface area contributed by atoms with Crippen LogP contribution in [0, 0.1) is 6.92 Å². The van der Waals surface area contributed by atoms with E-state index in [4.69, 9.17) is 16.1 Å². The largest absolute Gasteiger partial charge is 0.465 e. The second kappa shape index (κ2) is 8.09. The lowest BCUT2D eigenvalue weighted by molar-refractivity contribution is 0.0600. The summed E-state index contributed by atoms with van der Waals surface area (Å²) in [7, 11) is -2.83. The van der Waals surface area contributed by atoms with Gasteiger partial charge in [0, 0.05) is 5.56 Å². The van der Waals surface area contributed by atoms with Crippen molar-refractivity contribution in [2.45, 2.75) is 18.4 Å². The van der Waals surface area contributed by atoms with Crippen LogP contribution < -0.4 is 4.72 Å². The Hall–Kier alpha value is -2.75. The van der Waals surface area contributed by atoms with E-state index in [2.05, 4.69) is 19.6 Å². The highest BCUT2D eigenvalue weighted by Gasteiger charge is 2.21. The van der Waals surface area contributed by atoms with E-state index in [1.54, 1.807) is 0 Å². The van der Waals surface area contributed by atoms with Crippen molar-refractivity contribution in [1.82, 2.24) is 14.9 Å². The van der Waals surface area contributed by atoms with Gasteiger partial charge in [0.1, 0.15) is 4.90 Å². The zero-order valence-corrected chi connectivity index (χ0v) is 16.5. The van der Waals surface area contributed by atoms with Crippen LogP contribution in [-0.2, 0) is 21.3 Å². The standard InChI is InChI=1S/C18H16ClN3O5S/c1-11-3-5-12(6-4-11)17-21-16(27-22-17)10-20-28(24,25)15-9-13(18(23)26-2)7-8-14(15)19/h3-9,20H,10H2,1-2H3. The van der Waals surface area contributed by atoms with Crippen LogP contribution in [-0.4, -0.2) is 31.6 Å². The molecule has 1 aromatic heterocycles. The number of methoxy groups -OCH3 is 1. The predicted octanol–water partition coefficient (Wildman–Crippen LogP) is 2.96. The monoisotopic (exact) mass is 421 g/mol. The van der Waals surface area contributed by atoms with Crippen LogP contribution in [0.4, 0.5) is 0 Å². The number of aromatic nitrogens is 2. The second-order valence-corrected chi connectivity index (χ2v) is 7.98. The van der Waals surface area contributed by atoms with Gasteiger partial charge in [-0.05, 0) is 25.1 Å². The summed E-state index contributed by atoms with van der Waals surface area (Å²) in [6.45, 7) is 1.72. The van der Waals surface area contributed by atoms with Gasteiger partial charge in [-0.15, -0.1) is 0 Å². The van der Waals surface area contributed by atoms with Gasteiger partial charge in [0.05, 0.1) is 24.2 Å². The SMILES string of the molecule is COC(=O)c1ccc(Cl)c(S(=O)(=O)NCc2nc(-c3ccc(C)cc3)no2)c1. The van der Waals surface area contributed by atoms with E-state index in [1.165, 1.54) is 19.2 Å². The Morgan fingerprint density at radius 3 is 2.61 bits per heavy atom. The number of nitrogens with one attached hydrogen (secondary N) is 1. The quantitative estimate of drug-likeness (QED) is 0.609. The molecule has 3 rings (SSSR count). The first kappa shape index (κ1) is 20.0. The molecule has 0 saturated carbocycles. The van der Waals surface area contributed by atoms with Crippen molar-refractivity contribution in [1.29, 1.82) is 0 Å². The molecule has 146 valence electrons. The number of ether oxygens (including phenoxy) is 1. The lowest BCUT2D eigenvalue weighted by atomic mass is 10.1. The van der Waals surface area contributed by atoms with Crippen molar-refractivity contribution in [3.63, 3.8) is 0 Å². The molecule has 3 aromatic rings. The Labute approximate surface area is 166 Å². The van der Waals surface area contributed by atoms with Crippen LogP contribution in [0.25, 0.3) is 11.4 Å². The molecule has 1 heterocycles. The summed E-state index contributed by atoms with van der Waals surface area (Å²) in [6.07, 6.45) is 0. The van der Waals surface area contributed by atoms with Crippen molar-refractivity contribution >= 4 is 27.6 Å². The number of rotatable bonds is 6. The maximum atomic E-state index is 12.6. The number of hydrogen-bond donors (Lipinski definition) is 1. The number of hydrogen-bond acceptors (Lipinski definition) is 7. The molecule has 28 heavy (non-hydrogen) atoms. The predicted molar refractivity (Wildman–Crippen MR) is 101 cm³/mol. The molecule has 0 atom stereocenters. The highest BCUT2D eigenvalue weighted by atomic mass is 35.5. The summed E-state index contributed by atoms with van der Waals surface area (Å²) in [4.78, 5) is 15.6. The van der Waals surface area contributed by atoms with Crippen LogP contribution in [0.2, 0.25) is 5.02 Å². The summed E-state index contributed by atoms with van der Waals surface area (Å²) >= 11 is 5.98. The van der Waals surface area contributed by atoms with Crippen molar-refractivity contribution < 1.29 is 22.5 Å². The molecule has 10 heteroatoms. The van der Waals surface area contributed by atoms with Crippen LogP contribution >= 0.6 is 11.6 Å². The number of nitrogens with zero attached hydrogens (tertiary/aromatic N) is 2. The number of carbonyl (C=O) groups is 1. The molecule has 0 spiro atoms. The van der Waals surface area contributed by atoms with Gasteiger partial charge in [0.15, 0.2) is 0 Å². The summed E-state index contributed by atoms with van der Waals surface area (Å²) in [6, 6.07) is 11.3. The third kappa shape index (κ3) is 4.38. The third-order valence-electron chi connectivity index (χ3n) is 3.83. The molecule has 0 amide bonds. The minimum absolute atomic E-state index is 0.0361. The van der Waals surface area contributed by atoms with Gasteiger partial charge < -0.3 is 9.26 Å². The van der Waals surface area contributed by atoms with Crippen molar-refractivity contribution in [3.05, 3.63) is 64.5 Å². The maximum Gasteiger partial charge on any atom is 0.337 e. The molecule has 0 aliphatic heterocycles. The lowest BCUT2D eigenvalue weighted by Gasteiger charge is -2.08. The highest BCUT2D eigenvalue weighted by molar-refractivity contribution is 7.89. The number of esters is 1. The third-order valence-corrected chi connectivity index (χ3v) is 5.72. The van der Waals surface area contributed by atoms with Gasteiger partial charge in [-0.2, -0.15) is 4.98 Å². The first-order valence-corrected chi connectivity index (χ1v) is 9.93. The Morgan fingerprint density at radius 1 is 1.21 bits per heavy atom. The van der Waals surface area contributed by atoms with Gasteiger partial charge in [-0.3, -0.25) is 0 Å². The zero-order chi connectivity index (χ0) is 20.3. The molecule has 8 nitrogen and oxygen atoms in total. The smallest absolute Gasteiger partial charge is 0.337 e. The zero-order valence-electron chi connectivity index (χ0n) is 15.0. The molecule has 0 bridgehead atoms. The Morgan fingerprint density at radius 2 is 1.93 bits per heavy atom. The van der Waals surface area contributed by atoms with E-state index >= 15 is 0 Å². The molecule has 0 fully saturated rings. The van der Waals surface area contributed by atoms with E-state index < -0.39 is 16.0 Å². The number of sulfonamides is 1. The summed E-state index contributed by atoms with van der Waals surface area (Å²) < 4.78 is 37.2. The first-order chi connectivity index (χ1) is 13.3. The van der Waals surface area contributed by atoms with Crippen LogP contribution in [0.5, 0.6) is 0 Å². The van der Waals surface area contributed by atoms with Crippen molar-refractivity contribution in [3.8, 4) is 11.4 Å². The summed E-state index contributed by atoms with van der Waals surface area (Å²) in [5, 5.41) is 3.81. The molecule has 0 unspecified atom stereocenters. The van der Waals surface area contributed by atoms with Gasteiger partial charge in [-0.25, -0.2) is 17.9 Å². The van der Waals surface area contributed by atoms with Gasteiger partial charge in [0.2, 0.25) is 21.7 Å². The molecule has 0 saturated heterocycles. The van der Waals surface area contributed by atoms with Crippen molar-refractivity contribution in [2.24, 2.45) is 0 Å². The molecule has 0 aliphatic rings. The Balaban J connectivity index is 1.77. The minimum atomic E-state index is -4.03. The van der Waals surface area contributed by atoms with Crippen LogP contribution in [0.15, 0.2) is 51.9 Å². The Bertz CT molecular complexity index is 1110. The van der Waals surface area contributed by atoms with Gasteiger partial charge >= 0.3 is 5.97 Å². The normalized spacial score (nSPS) is 11.4. The molecule has 0 radical (unpaired) electrons. The van der Waals surface area contributed by atoms with Gasteiger partial charge in [0.25, 0.3) is 0 Å². The molecular formula is C18H16ClN3O5S. The maximum absolute atomic E-state index is 12.6. The van der Waals surface area contributed by atoms with E-state index in [0.29, 0.717) is 5.82 Å². The summed E-state index contributed by atoms with van der Waals surface area (Å²) in [5.74, 6) is -0.243. The second-order valence-electron chi connectivity index (χ2n) is 5.84. The fourth-order valence-corrected chi connectivity index (χ4v) is 3.83. The van der Waals surface area contributed by atoms with E-state index in [-0.39, 0.29) is 27.9 Å². The molecule has 0 aliphatic carbocycles. The fourth-order valence-electron chi connectivity index (χ4n) is 2.34. The minimum Gasteiger partial charge on any atom is -0.465 e. The number of carbonyl (C=O) groups excluding carboxylic acids is 1. The number of benzene rings is 2. The average molecular weight is 422 g/mol. The lowest BCUT2D eigenvalue weighted by Crippen LogP contribution is -2.24. The highest BCUT2D eigenvalue weighted by Crippen LogP contribution is 2.23. The number of halogens is 1. The Kier molecular flexibility index (Phi) is 5.78. The topological polar surface area (TPSA) is 111 Å². The van der Waals surface area contributed by atoms with E-state index in [9.17, 15) is 13.2 Å². The molecular weight excluding hydrogens is 406 g/mol.